The summed E-state index contributed by atoms with van der Waals surface area (Å²) < 4.78 is 5.08. The zero-order chi connectivity index (χ0) is 12.7. The molecule has 2 heterocycles. The highest BCUT2D eigenvalue weighted by Crippen LogP contribution is 2.33. The fraction of sp³-hybridized carbons (Fsp3) is 0.364. The molecule has 0 atom stereocenters. The van der Waals surface area contributed by atoms with Crippen molar-refractivity contribution in [3.8, 4) is 10.8 Å². The van der Waals surface area contributed by atoms with Crippen LogP contribution >= 0.6 is 11.3 Å². The first-order valence-corrected chi connectivity index (χ1v) is 6.51. The van der Waals surface area contributed by atoms with Gasteiger partial charge in [0.15, 0.2) is 0 Å². The molecular formula is C11H12N4O2S. The molecule has 2 aromatic heterocycles. The molecule has 0 unspecified atom stereocenters. The van der Waals surface area contributed by atoms with E-state index in [0.717, 1.165) is 18.4 Å². The third kappa shape index (κ3) is 1.97. The zero-order valence-electron chi connectivity index (χ0n) is 9.77. The Morgan fingerprint density at radius 3 is 3.00 bits per heavy atom. The number of thiophene rings is 1. The van der Waals surface area contributed by atoms with E-state index in [1.807, 2.05) is 12.3 Å². The van der Waals surface area contributed by atoms with E-state index in [1.165, 1.54) is 11.3 Å². The molecule has 0 aliphatic heterocycles. The standard InChI is InChI=1S/C11H12N4O2S/c1-5-4-18-8(7(5)12)11-14-9(15-17-11)10(16)13-6-2-3-6/h4,6H,2-3,12H2,1H3,(H,13,16). The Balaban J connectivity index is 1.84. The third-order valence-electron chi connectivity index (χ3n) is 2.76. The van der Waals surface area contributed by atoms with Gasteiger partial charge in [-0.1, -0.05) is 5.16 Å². The van der Waals surface area contributed by atoms with E-state index in [9.17, 15) is 4.79 Å². The molecule has 94 valence electrons. The van der Waals surface area contributed by atoms with Crippen LogP contribution in [0.4, 0.5) is 5.69 Å². The Morgan fingerprint density at radius 1 is 1.61 bits per heavy atom. The minimum atomic E-state index is -0.292. The molecule has 3 rings (SSSR count). The van der Waals surface area contributed by atoms with Crippen LogP contribution in [0, 0.1) is 6.92 Å². The lowest BCUT2D eigenvalue weighted by atomic mass is 10.3. The van der Waals surface area contributed by atoms with Gasteiger partial charge in [-0.3, -0.25) is 4.79 Å². The van der Waals surface area contributed by atoms with Gasteiger partial charge in [0.05, 0.1) is 5.69 Å². The second kappa shape index (κ2) is 4.09. The fourth-order valence-electron chi connectivity index (χ4n) is 1.50. The molecule has 0 aromatic carbocycles. The predicted molar refractivity (Wildman–Crippen MR) is 67.2 cm³/mol. The largest absolute Gasteiger partial charge is 0.397 e. The molecule has 0 bridgehead atoms. The lowest BCUT2D eigenvalue weighted by Gasteiger charge is -1.95. The molecular weight excluding hydrogens is 252 g/mol. The van der Waals surface area contributed by atoms with Crippen LogP contribution in [-0.4, -0.2) is 22.1 Å². The van der Waals surface area contributed by atoms with E-state index < -0.39 is 0 Å². The molecule has 3 N–H and O–H groups in total. The van der Waals surface area contributed by atoms with E-state index >= 15 is 0 Å². The zero-order valence-corrected chi connectivity index (χ0v) is 10.6. The molecule has 0 spiro atoms. The molecule has 0 saturated heterocycles. The number of nitrogens with zero attached hydrogens (tertiary/aromatic N) is 2. The highest BCUT2D eigenvalue weighted by atomic mass is 32.1. The van der Waals surface area contributed by atoms with E-state index in [4.69, 9.17) is 10.3 Å². The van der Waals surface area contributed by atoms with Crippen LogP contribution in [0.25, 0.3) is 10.8 Å². The van der Waals surface area contributed by atoms with Crippen molar-refractivity contribution in [3.63, 3.8) is 0 Å². The number of carbonyl (C=O) groups is 1. The van der Waals surface area contributed by atoms with Crippen molar-refractivity contribution in [2.24, 2.45) is 0 Å². The molecule has 1 amide bonds. The van der Waals surface area contributed by atoms with Gasteiger partial charge in [-0.25, -0.2) is 0 Å². The second-order valence-corrected chi connectivity index (χ2v) is 5.21. The van der Waals surface area contributed by atoms with Crippen molar-refractivity contribution in [2.75, 3.05) is 5.73 Å². The molecule has 7 heteroatoms. The molecule has 1 aliphatic rings. The van der Waals surface area contributed by atoms with Gasteiger partial charge in [-0.05, 0) is 30.7 Å². The van der Waals surface area contributed by atoms with Gasteiger partial charge in [0.25, 0.3) is 17.6 Å². The summed E-state index contributed by atoms with van der Waals surface area (Å²) in [5.41, 5.74) is 7.49. The first kappa shape index (κ1) is 11.2. The number of hydrogen-bond donors (Lipinski definition) is 2. The van der Waals surface area contributed by atoms with Gasteiger partial charge in [-0.2, -0.15) is 4.98 Å². The fourth-order valence-corrected chi connectivity index (χ4v) is 2.40. The van der Waals surface area contributed by atoms with Crippen LogP contribution in [0.5, 0.6) is 0 Å². The number of hydrogen-bond acceptors (Lipinski definition) is 6. The van der Waals surface area contributed by atoms with Crippen molar-refractivity contribution in [2.45, 2.75) is 25.8 Å². The Bertz CT molecular complexity index is 600. The van der Waals surface area contributed by atoms with Crippen molar-refractivity contribution >= 4 is 22.9 Å². The van der Waals surface area contributed by atoms with E-state index in [1.54, 1.807) is 0 Å². The smallest absolute Gasteiger partial charge is 0.292 e. The second-order valence-electron chi connectivity index (χ2n) is 4.33. The van der Waals surface area contributed by atoms with Crippen LogP contribution < -0.4 is 11.1 Å². The Kier molecular flexibility index (Phi) is 2.55. The number of nitrogens with one attached hydrogen (secondary N) is 1. The van der Waals surface area contributed by atoms with Crippen molar-refractivity contribution in [1.29, 1.82) is 0 Å². The van der Waals surface area contributed by atoms with E-state index in [0.29, 0.717) is 16.5 Å². The number of carbonyl (C=O) groups excluding carboxylic acids is 1. The Hall–Kier alpha value is -1.89. The number of amides is 1. The van der Waals surface area contributed by atoms with Gasteiger partial charge in [0.2, 0.25) is 0 Å². The lowest BCUT2D eigenvalue weighted by Crippen LogP contribution is -2.26. The van der Waals surface area contributed by atoms with E-state index in [2.05, 4.69) is 15.5 Å². The van der Waals surface area contributed by atoms with Crippen LogP contribution in [0.1, 0.15) is 29.0 Å². The molecule has 6 nitrogen and oxygen atoms in total. The first-order valence-electron chi connectivity index (χ1n) is 5.63. The summed E-state index contributed by atoms with van der Waals surface area (Å²) in [6, 6.07) is 0.272. The maximum atomic E-state index is 11.7. The van der Waals surface area contributed by atoms with Crippen LogP contribution in [0.3, 0.4) is 0 Å². The summed E-state index contributed by atoms with van der Waals surface area (Å²) in [4.78, 5) is 16.5. The highest BCUT2D eigenvalue weighted by molar-refractivity contribution is 7.14. The minimum Gasteiger partial charge on any atom is -0.397 e. The summed E-state index contributed by atoms with van der Waals surface area (Å²) in [5, 5.41) is 8.40. The molecule has 18 heavy (non-hydrogen) atoms. The van der Waals surface area contributed by atoms with Gasteiger partial charge in [-0.15, -0.1) is 11.3 Å². The Labute approximate surface area is 107 Å². The summed E-state index contributed by atoms with van der Waals surface area (Å²) in [5.74, 6) is 0.0632. The number of nitrogen functional groups attached to an aromatic ring is 1. The first-order chi connectivity index (χ1) is 8.65. The van der Waals surface area contributed by atoms with Crippen molar-refractivity contribution in [1.82, 2.24) is 15.5 Å². The average Bonchev–Trinajstić information content (AvgIpc) is 2.91. The average molecular weight is 264 g/mol. The van der Waals surface area contributed by atoms with Crippen LogP contribution in [-0.2, 0) is 0 Å². The van der Waals surface area contributed by atoms with E-state index in [-0.39, 0.29) is 17.8 Å². The number of aryl methyl sites for hydroxylation is 1. The molecule has 1 saturated carbocycles. The topological polar surface area (TPSA) is 94.0 Å². The number of nitrogens with two attached hydrogens (primary N) is 1. The molecule has 2 aromatic rings. The summed E-state index contributed by atoms with van der Waals surface area (Å²) in [7, 11) is 0. The number of rotatable bonds is 3. The van der Waals surface area contributed by atoms with Gasteiger partial charge >= 0.3 is 0 Å². The maximum absolute atomic E-state index is 11.7. The monoisotopic (exact) mass is 264 g/mol. The number of aromatic nitrogens is 2. The molecule has 0 radical (unpaired) electrons. The van der Waals surface area contributed by atoms with Crippen LogP contribution in [0.15, 0.2) is 9.90 Å². The lowest BCUT2D eigenvalue weighted by molar-refractivity contribution is 0.0937. The quantitative estimate of drug-likeness (QED) is 0.877. The SMILES string of the molecule is Cc1csc(-c2nc(C(=O)NC3CC3)no2)c1N. The number of anilines is 1. The normalized spacial score (nSPS) is 14.7. The van der Waals surface area contributed by atoms with Crippen molar-refractivity contribution < 1.29 is 9.32 Å². The minimum absolute atomic E-state index is 0.0577. The maximum Gasteiger partial charge on any atom is 0.292 e. The third-order valence-corrected chi connectivity index (χ3v) is 3.86. The summed E-state index contributed by atoms with van der Waals surface area (Å²) in [6.07, 6.45) is 2.04. The van der Waals surface area contributed by atoms with Crippen LogP contribution in [0.2, 0.25) is 0 Å². The Morgan fingerprint density at radius 2 is 2.39 bits per heavy atom. The van der Waals surface area contributed by atoms with Gasteiger partial charge in [0.1, 0.15) is 4.88 Å². The summed E-state index contributed by atoms with van der Waals surface area (Å²) >= 11 is 1.43. The summed E-state index contributed by atoms with van der Waals surface area (Å²) in [6.45, 7) is 1.91. The van der Waals surface area contributed by atoms with Crippen molar-refractivity contribution in [3.05, 3.63) is 16.8 Å². The predicted octanol–water partition coefficient (Wildman–Crippen LogP) is 1.58. The molecule has 1 fully saturated rings. The molecule has 1 aliphatic carbocycles. The highest BCUT2D eigenvalue weighted by Gasteiger charge is 2.26. The van der Waals surface area contributed by atoms with Gasteiger partial charge < -0.3 is 15.6 Å². The van der Waals surface area contributed by atoms with Gasteiger partial charge in [0, 0.05) is 6.04 Å².